The Morgan fingerprint density at radius 2 is 1.94 bits per heavy atom. The number of nitrogens with one attached hydrogen (secondary N) is 1. The first-order valence-electron chi connectivity index (χ1n) is 6.19. The number of methoxy groups -OCH3 is 1. The van der Waals surface area contributed by atoms with Gasteiger partial charge in [-0.1, -0.05) is 38.5 Å². The van der Waals surface area contributed by atoms with E-state index in [1.54, 1.807) is 7.11 Å². The Kier molecular flexibility index (Phi) is 4.58. The largest absolute Gasteiger partial charge is 0.496 e. The van der Waals surface area contributed by atoms with Crippen molar-refractivity contribution in [1.82, 2.24) is 5.32 Å². The molecule has 0 radical (unpaired) electrons. The summed E-state index contributed by atoms with van der Waals surface area (Å²) in [6.45, 7) is 8.91. The Balaban J connectivity index is 3.06. The molecule has 0 saturated carbocycles. The lowest BCUT2D eigenvalue weighted by molar-refractivity contribution is 0.313. The van der Waals surface area contributed by atoms with Gasteiger partial charge in [-0.05, 0) is 31.9 Å². The molecule has 96 valence electrons. The molecule has 0 heterocycles. The Hall–Kier alpha value is -1.02. The zero-order valence-corrected chi connectivity index (χ0v) is 11.9. The van der Waals surface area contributed by atoms with E-state index in [1.165, 1.54) is 11.1 Å². The molecule has 1 rings (SSSR count). The normalized spacial score (nSPS) is 13.5. The van der Waals surface area contributed by atoms with Crippen LogP contribution in [0.4, 0.5) is 0 Å². The molecule has 1 unspecified atom stereocenters. The lowest BCUT2D eigenvalue weighted by Gasteiger charge is -2.27. The standard InChI is InChI=1S/C15H25NO/c1-11-7-8-14(17-6)12(9-11)13(16-5)10-15(2,3)4/h7-9,13,16H,10H2,1-6H3. The average molecular weight is 235 g/mol. The van der Waals surface area contributed by atoms with Crippen molar-refractivity contribution < 1.29 is 4.74 Å². The molecular formula is C15H25NO. The summed E-state index contributed by atoms with van der Waals surface area (Å²) < 4.78 is 5.46. The predicted molar refractivity (Wildman–Crippen MR) is 73.6 cm³/mol. The first-order chi connectivity index (χ1) is 7.87. The van der Waals surface area contributed by atoms with Crippen molar-refractivity contribution in [2.24, 2.45) is 5.41 Å². The first-order valence-corrected chi connectivity index (χ1v) is 6.19. The van der Waals surface area contributed by atoms with E-state index in [1.807, 2.05) is 7.05 Å². The van der Waals surface area contributed by atoms with Crippen molar-refractivity contribution in [3.63, 3.8) is 0 Å². The van der Waals surface area contributed by atoms with Crippen LogP contribution in [0.5, 0.6) is 5.75 Å². The summed E-state index contributed by atoms with van der Waals surface area (Å²) in [5.41, 5.74) is 2.82. The molecule has 1 aromatic carbocycles. The molecule has 0 aliphatic carbocycles. The Labute approximate surface area is 105 Å². The third-order valence-corrected chi connectivity index (χ3v) is 2.93. The fourth-order valence-electron chi connectivity index (χ4n) is 2.11. The molecule has 0 aliphatic rings. The van der Waals surface area contributed by atoms with E-state index >= 15 is 0 Å². The number of rotatable bonds is 4. The maximum atomic E-state index is 5.46. The van der Waals surface area contributed by atoms with Crippen molar-refractivity contribution in [2.75, 3.05) is 14.2 Å². The summed E-state index contributed by atoms with van der Waals surface area (Å²) in [6, 6.07) is 6.69. The third kappa shape index (κ3) is 4.04. The van der Waals surface area contributed by atoms with Crippen LogP contribution in [0.3, 0.4) is 0 Å². The van der Waals surface area contributed by atoms with Gasteiger partial charge in [-0.15, -0.1) is 0 Å². The molecule has 1 N–H and O–H groups in total. The van der Waals surface area contributed by atoms with Crippen LogP contribution >= 0.6 is 0 Å². The van der Waals surface area contributed by atoms with Gasteiger partial charge in [0.15, 0.2) is 0 Å². The van der Waals surface area contributed by atoms with Gasteiger partial charge in [-0.3, -0.25) is 0 Å². The van der Waals surface area contributed by atoms with Crippen molar-refractivity contribution in [2.45, 2.75) is 40.2 Å². The minimum Gasteiger partial charge on any atom is -0.496 e. The van der Waals surface area contributed by atoms with Crippen molar-refractivity contribution in [3.05, 3.63) is 29.3 Å². The number of hydrogen-bond acceptors (Lipinski definition) is 2. The molecule has 0 spiro atoms. The Bertz CT molecular complexity index is 366. The van der Waals surface area contributed by atoms with E-state index in [0.29, 0.717) is 11.5 Å². The highest BCUT2D eigenvalue weighted by atomic mass is 16.5. The monoisotopic (exact) mass is 235 g/mol. The molecule has 0 fully saturated rings. The molecule has 0 amide bonds. The van der Waals surface area contributed by atoms with Gasteiger partial charge < -0.3 is 10.1 Å². The molecule has 2 nitrogen and oxygen atoms in total. The topological polar surface area (TPSA) is 21.3 Å². The van der Waals surface area contributed by atoms with Crippen LogP contribution in [0, 0.1) is 12.3 Å². The Morgan fingerprint density at radius 1 is 1.29 bits per heavy atom. The Morgan fingerprint density at radius 3 is 2.41 bits per heavy atom. The van der Waals surface area contributed by atoms with Crippen LogP contribution in [-0.2, 0) is 0 Å². The van der Waals surface area contributed by atoms with Gasteiger partial charge in [0.2, 0.25) is 0 Å². The van der Waals surface area contributed by atoms with E-state index in [0.717, 1.165) is 12.2 Å². The maximum absolute atomic E-state index is 5.46. The van der Waals surface area contributed by atoms with Gasteiger partial charge in [0.05, 0.1) is 7.11 Å². The minimum atomic E-state index is 0.294. The summed E-state index contributed by atoms with van der Waals surface area (Å²) in [4.78, 5) is 0. The quantitative estimate of drug-likeness (QED) is 0.859. The smallest absolute Gasteiger partial charge is 0.123 e. The highest BCUT2D eigenvalue weighted by Gasteiger charge is 2.21. The zero-order chi connectivity index (χ0) is 13.1. The number of hydrogen-bond donors (Lipinski definition) is 1. The van der Waals surface area contributed by atoms with Gasteiger partial charge in [0, 0.05) is 11.6 Å². The van der Waals surface area contributed by atoms with Gasteiger partial charge in [-0.2, -0.15) is 0 Å². The summed E-state index contributed by atoms with van der Waals surface area (Å²) >= 11 is 0. The predicted octanol–water partition coefficient (Wildman–Crippen LogP) is 3.70. The number of aryl methyl sites for hydroxylation is 1. The maximum Gasteiger partial charge on any atom is 0.123 e. The lowest BCUT2D eigenvalue weighted by atomic mass is 9.85. The molecule has 0 bridgehead atoms. The lowest BCUT2D eigenvalue weighted by Crippen LogP contribution is -2.23. The summed E-state index contributed by atoms with van der Waals surface area (Å²) in [5.74, 6) is 0.971. The second-order valence-electron chi connectivity index (χ2n) is 5.85. The fourth-order valence-corrected chi connectivity index (χ4v) is 2.11. The molecule has 1 atom stereocenters. The number of ether oxygens (including phenoxy) is 1. The molecule has 0 aliphatic heterocycles. The SMILES string of the molecule is CNC(CC(C)(C)C)c1cc(C)ccc1OC. The van der Waals surface area contributed by atoms with E-state index in [2.05, 4.69) is 51.2 Å². The van der Waals surface area contributed by atoms with Crippen molar-refractivity contribution in [3.8, 4) is 5.75 Å². The van der Waals surface area contributed by atoms with E-state index in [9.17, 15) is 0 Å². The molecule has 0 saturated heterocycles. The van der Waals surface area contributed by atoms with Gasteiger partial charge in [0.1, 0.15) is 5.75 Å². The van der Waals surface area contributed by atoms with Crippen LogP contribution < -0.4 is 10.1 Å². The molecule has 2 heteroatoms. The van der Waals surface area contributed by atoms with Crippen molar-refractivity contribution in [1.29, 1.82) is 0 Å². The molecule has 0 aromatic heterocycles. The summed E-state index contributed by atoms with van der Waals surface area (Å²) in [6.07, 6.45) is 1.09. The van der Waals surface area contributed by atoms with Gasteiger partial charge >= 0.3 is 0 Å². The van der Waals surface area contributed by atoms with E-state index in [-0.39, 0.29) is 0 Å². The average Bonchev–Trinajstić information content (AvgIpc) is 2.24. The third-order valence-electron chi connectivity index (χ3n) is 2.93. The summed E-state index contributed by atoms with van der Waals surface area (Å²) in [5, 5.41) is 3.40. The molecular weight excluding hydrogens is 210 g/mol. The van der Waals surface area contributed by atoms with E-state index in [4.69, 9.17) is 4.74 Å². The molecule has 17 heavy (non-hydrogen) atoms. The number of benzene rings is 1. The second kappa shape index (κ2) is 5.54. The zero-order valence-electron chi connectivity index (χ0n) is 11.9. The molecule has 1 aromatic rings. The highest BCUT2D eigenvalue weighted by molar-refractivity contribution is 5.39. The second-order valence-corrected chi connectivity index (χ2v) is 5.85. The minimum absolute atomic E-state index is 0.294. The summed E-state index contributed by atoms with van der Waals surface area (Å²) in [7, 11) is 3.75. The van der Waals surface area contributed by atoms with E-state index < -0.39 is 0 Å². The van der Waals surface area contributed by atoms with Gasteiger partial charge in [-0.25, -0.2) is 0 Å². The van der Waals surface area contributed by atoms with Gasteiger partial charge in [0.25, 0.3) is 0 Å². The van der Waals surface area contributed by atoms with Crippen LogP contribution in [-0.4, -0.2) is 14.2 Å². The van der Waals surface area contributed by atoms with Crippen LogP contribution in [0.15, 0.2) is 18.2 Å². The highest BCUT2D eigenvalue weighted by Crippen LogP contribution is 2.34. The van der Waals surface area contributed by atoms with Crippen LogP contribution in [0.25, 0.3) is 0 Å². The fraction of sp³-hybridized carbons (Fsp3) is 0.600. The van der Waals surface area contributed by atoms with Crippen LogP contribution in [0.1, 0.15) is 44.4 Å². The first kappa shape index (κ1) is 14.0. The van der Waals surface area contributed by atoms with Crippen molar-refractivity contribution >= 4 is 0 Å². The van der Waals surface area contributed by atoms with Crippen LogP contribution in [0.2, 0.25) is 0 Å².